The Morgan fingerprint density at radius 3 is 2.35 bits per heavy atom. The van der Waals surface area contributed by atoms with E-state index < -0.39 is 0 Å². The van der Waals surface area contributed by atoms with Gasteiger partial charge >= 0.3 is 0 Å². The summed E-state index contributed by atoms with van der Waals surface area (Å²) >= 11 is 20.5. The Bertz CT molecular complexity index is 1240. The Morgan fingerprint density at radius 1 is 0.935 bits per heavy atom. The minimum atomic E-state index is 0.523. The maximum Gasteiger partial charge on any atom is 0.168 e. The molecule has 2 aromatic carbocycles. The average Bonchev–Trinajstić information content (AvgIpc) is 3.48. The number of hydrogen-bond acceptors (Lipinski definition) is 4. The summed E-state index contributed by atoms with van der Waals surface area (Å²) in [5.74, 6) is 0.523. The summed E-state index contributed by atoms with van der Waals surface area (Å²) in [5.41, 5.74) is 4.52. The highest BCUT2D eigenvalue weighted by atomic mass is 35.5. The number of rotatable bonds is 4. The van der Waals surface area contributed by atoms with E-state index in [-0.39, 0.29) is 0 Å². The fourth-order valence-electron chi connectivity index (χ4n) is 4.14. The van der Waals surface area contributed by atoms with E-state index in [1.807, 2.05) is 41.1 Å². The first-order valence-corrected chi connectivity index (χ1v) is 12.1. The van der Waals surface area contributed by atoms with Gasteiger partial charge in [-0.25, -0.2) is 4.68 Å². The average molecular weight is 490 g/mol. The minimum absolute atomic E-state index is 0.523. The van der Waals surface area contributed by atoms with Gasteiger partial charge in [-0.15, -0.1) is 10.2 Å². The zero-order valence-corrected chi connectivity index (χ0v) is 19.9. The van der Waals surface area contributed by atoms with Crippen LogP contribution in [-0.4, -0.2) is 20.0 Å². The van der Waals surface area contributed by atoms with Gasteiger partial charge in [0, 0.05) is 27.1 Å². The summed E-state index contributed by atoms with van der Waals surface area (Å²) in [6.07, 6.45) is 4.92. The van der Waals surface area contributed by atoms with Crippen molar-refractivity contribution in [3.8, 4) is 27.6 Å². The molecule has 0 aliphatic heterocycles. The van der Waals surface area contributed by atoms with Crippen LogP contribution < -0.4 is 0 Å². The van der Waals surface area contributed by atoms with Crippen LogP contribution in [0.15, 0.2) is 42.5 Å². The lowest BCUT2D eigenvalue weighted by Crippen LogP contribution is -2.00. The van der Waals surface area contributed by atoms with Gasteiger partial charge < -0.3 is 0 Å². The quantitative estimate of drug-likeness (QED) is 0.292. The van der Waals surface area contributed by atoms with Crippen molar-refractivity contribution >= 4 is 46.1 Å². The predicted octanol–water partition coefficient (Wildman–Crippen LogP) is 7.98. The highest BCUT2D eigenvalue weighted by Gasteiger charge is 2.25. The second-order valence-corrected chi connectivity index (χ2v) is 10.1. The molecular formula is C23H19Cl3N4S. The lowest BCUT2D eigenvalue weighted by molar-refractivity contribution is 0.705. The molecule has 4 aromatic rings. The van der Waals surface area contributed by atoms with Gasteiger partial charge in [0.15, 0.2) is 5.01 Å². The number of halogens is 3. The first-order valence-electron chi connectivity index (χ1n) is 10.2. The maximum atomic E-state index is 6.55. The third kappa shape index (κ3) is 4.00. The third-order valence-corrected chi connectivity index (χ3v) is 7.61. The molecule has 158 valence electrons. The lowest BCUT2D eigenvalue weighted by atomic mass is 10.1. The highest BCUT2D eigenvalue weighted by molar-refractivity contribution is 7.14. The SMILES string of the molecule is Cc1c(-c2nnc(C3CCCC3)s2)nn(-c2ccc(Cl)cc2Cl)c1-c1ccc(Cl)cc1. The summed E-state index contributed by atoms with van der Waals surface area (Å²) in [5, 5.41) is 17.7. The smallest absolute Gasteiger partial charge is 0.168 e. The first-order chi connectivity index (χ1) is 15.0. The summed E-state index contributed by atoms with van der Waals surface area (Å²) in [7, 11) is 0. The van der Waals surface area contributed by atoms with E-state index in [1.165, 1.54) is 25.7 Å². The molecule has 0 radical (unpaired) electrons. The molecule has 0 bridgehead atoms. The van der Waals surface area contributed by atoms with Crippen molar-refractivity contribution in [2.75, 3.05) is 0 Å². The van der Waals surface area contributed by atoms with Gasteiger partial charge in [-0.05, 0) is 50.1 Å². The topological polar surface area (TPSA) is 43.6 Å². The standard InChI is InChI=1S/C23H19Cl3N4S/c1-13-20(23-28-27-22(31-23)15-4-2-3-5-15)29-30(19-11-10-17(25)12-18(19)26)21(13)14-6-8-16(24)9-7-14/h6-12,15H,2-5H2,1H3. The molecule has 0 amide bonds. The van der Waals surface area contributed by atoms with Gasteiger partial charge in [-0.3, -0.25) is 0 Å². The molecule has 5 rings (SSSR count). The lowest BCUT2D eigenvalue weighted by Gasteiger charge is -2.11. The van der Waals surface area contributed by atoms with Crippen molar-refractivity contribution in [3.63, 3.8) is 0 Å². The van der Waals surface area contributed by atoms with Crippen LogP contribution in [0, 0.1) is 6.92 Å². The fourth-order valence-corrected chi connectivity index (χ4v) is 5.81. The van der Waals surface area contributed by atoms with E-state index in [0.29, 0.717) is 21.0 Å². The van der Waals surface area contributed by atoms with Crippen molar-refractivity contribution in [1.29, 1.82) is 0 Å². The zero-order valence-electron chi connectivity index (χ0n) is 16.8. The molecule has 0 spiro atoms. The first kappa shape index (κ1) is 21.0. The number of hydrogen-bond donors (Lipinski definition) is 0. The van der Waals surface area contributed by atoms with Crippen LogP contribution in [0.25, 0.3) is 27.6 Å². The van der Waals surface area contributed by atoms with E-state index in [1.54, 1.807) is 17.4 Å². The van der Waals surface area contributed by atoms with Crippen LogP contribution in [-0.2, 0) is 0 Å². The van der Waals surface area contributed by atoms with Crippen molar-refractivity contribution in [2.24, 2.45) is 0 Å². The molecule has 0 N–H and O–H groups in total. The number of nitrogens with zero attached hydrogens (tertiary/aromatic N) is 4. The van der Waals surface area contributed by atoms with Crippen LogP contribution in [0.3, 0.4) is 0 Å². The molecule has 1 fully saturated rings. The Hall–Kier alpha value is -1.92. The number of benzene rings is 2. The molecule has 4 nitrogen and oxygen atoms in total. The Morgan fingerprint density at radius 2 is 1.65 bits per heavy atom. The molecule has 1 aliphatic carbocycles. The van der Waals surface area contributed by atoms with Gasteiger partial charge in [-0.2, -0.15) is 5.10 Å². The van der Waals surface area contributed by atoms with Crippen LogP contribution in [0.5, 0.6) is 0 Å². The monoisotopic (exact) mass is 488 g/mol. The van der Waals surface area contributed by atoms with E-state index in [2.05, 4.69) is 17.1 Å². The van der Waals surface area contributed by atoms with Crippen LogP contribution in [0.2, 0.25) is 15.1 Å². The predicted molar refractivity (Wildman–Crippen MR) is 129 cm³/mol. The van der Waals surface area contributed by atoms with Gasteiger partial charge in [0.1, 0.15) is 10.7 Å². The van der Waals surface area contributed by atoms with Crippen molar-refractivity contribution < 1.29 is 0 Å². The largest absolute Gasteiger partial charge is 0.231 e. The molecule has 31 heavy (non-hydrogen) atoms. The molecule has 2 aromatic heterocycles. The summed E-state index contributed by atoms with van der Waals surface area (Å²) in [4.78, 5) is 0. The van der Waals surface area contributed by atoms with Gasteiger partial charge in [0.2, 0.25) is 0 Å². The number of aromatic nitrogens is 4. The molecule has 8 heteroatoms. The van der Waals surface area contributed by atoms with Crippen molar-refractivity contribution in [3.05, 3.63) is 68.1 Å². The second kappa shape index (κ2) is 8.55. The molecule has 0 atom stereocenters. The Labute approximate surface area is 199 Å². The van der Waals surface area contributed by atoms with Crippen LogP contribution in [0.1, 0.15) is 42.2 Å². The molecule has 0 unspecified atom stereocenters. The highest BCUT2D eigenvalue weighted by Crippen LogP contribution is 2.40. The summed E-state index contributed by atoms with van der Waals surface area (Å²) in [6, 6.07) is 13.1. The van der Waals surface area contributed by atoms with Crippen LogP contribution >= 0.6 is 46.1 Å². The third-order valence-electron chi connectivity index (χ3n) is 5.73. The fraction of sp³-hybridized carbons (Fsp3) is 0.261. The van der Waals surface area contributed by atoms with Gasteiger partial charge in [-0.1, -0.05) is 71.1 Å². The molecular weight excluding hydrogens is 471 g/mol. The Kier molecular flexibility index (Phi) is 5.78. The molecule has 1 saturated carbocycles. The van der Waals surface area contributed by atoms with E-state index >= 15 is 0 Å². The van der Waals surface area contributed by atoms with Crippen molar-refractivity contribution in [1.82, 2.24) is 20.0 Å². The van der Waals surface area contributed by atoms with Gasteiger partial charge in [0.05, 0.1) is 16.4 Å². The minimum Gasteiger partial charge on any atom is -0.231 e. The molecule has 1 aliphatic rings. The summed E-state index contributed by atoms with van der Waals surface area (Å²) < 4.78 is 1.86. The maximum absolute atomic E-state index is 6.55. The summed E-state index contributed by atoms with van der Waals surface area (Å²) in [6.45, 7) is 2.06. The van der Waals surface area contributed by atoms with E-state index in [4.69, 9.17) is 39.9 Å². The van der Waals surface area contributed by atoms with E-state index in [9.17, 15) is 0 Å². The van der Waals surface area contributed by atoms with Gasteiger partial charge in [0.25, 0.3) is 0 Å². The molecule has 0 saturated heterocycles. The molecule has 2 heterocycles. The van der Waals surface area contributed by atoms with Crippen molar-refractivity contribution in [2.45, 2.75) is 38.5 Å². The zero-order chi connectivity index (χ0) is 21.5. The van der Waals surface area contributed by atoms with Crippen LogP contribution in [0.4, 0.5) is 0 Å². The Balaban J connectivity index is 1.67. The second-order valence-electron chi connectivity index (χ2n) is 7.76. The van der Waals surface area contributed by atoms with E-state index in [0.717, 1.165) is 38.2 Å². The normalized spacial score (nSPS) is 14.5.